The molecule has 0 unspecified atom stereocenters. The summed E-state index contributed by atoms with van der Waals surface area (Å²) in [5.74, 6) is 0.887. The van der Waals surface area contributed by atoms with E-state index in [4.69, 9.17) is 5.73 Å². The number of aromatic nitrogens is 2. The van der Waals surface area contributed by atoms with Gasteiger partial charge in [-0.05, 0) is 25.3 Å². The topological polar surface area (TPSA) is 84.1 Å². The smallest absolute Gasteiger partial charge is 0.261 e. The number of anilines is 1. The average molecular weight is 305 g/mol. The molecule has 0 aromatic carbocycles. The summed E-state index contributed by atoms with van der Waals surface area (Å²) in [7, 11) is 0. The molecule has 21 heavy (non-hydrogen) atoms. The van der Waals surface area contributed by atoms with Gasteiger partial charge in [0.25, 0.3) is 5.91 Å². The SMILES string of the molecule is Cc1c(C(=O)NCCN)sc2ncnc(N3CCCC3)c12. The maximum Gasteiger partial charge on any atom is 0.261 e. The number of hydrogen-bond donors (Lipinski definition) is 2. The van der Waals surface area contributed by atoms with Crippen LogP contribution >= 0.6 is 11.3 Å². The molecule has 7 heteroatoms. The molecular weight excluding hydrogens is 286 g/mol. The molecule has 2 aromatic heterocycles. The highest BCUT2D eigenvalue weighted by Gasteiger charge is 2.23. The molecule has 0 atom stereocenters. The fourth-order valence-electron chi connectivity index (χ4n) is 2.70. The van der Waals surface area contributed by atoms with Gasteiger partial charge < -0.3 is 16.0 Å². The first-order valence-corrected chi connectivity index (χ1v) is 8.01. The van der Waals surface area contributed by atoms with Crippen LogP contribution in [-0.2, 0) is 0 Å². The van der Waals surface area contributed by atoms with Gasteiger partial charge >= 0.3 is 0 Å². The van der Waals surface area contributed by atoms with Crippen molar-refractivity contribution in [1.82, 2.24) is 15.3 Å². The number of rotatable bonds is 4. The standard InChI is InChI=1S/C14H19N5OS/c1-9-10-12(19-6-2-3-7-19)17-8-18-14(10)21-11(9)13(20)16-5-4-15/h8H,2-7,15H2,1H3,(H,16,20). The predicted molar refractivity (Wildman–Crippen MR) is 85.0 cm³/mol. The number of hydrogen-bond acceptors (Lipinski definition) is 6. The second-order valence-corrected chi connectivity index (χ2v) is 6.17. The van der Waals surface area contributed by atoms with Crippen LogP contribution in [0.3, 0.4) is 0 Å². The van der Waals surface area contributed by atoms with E-state index in [2.05, 4.69) is 20.2 Å². The minimum atomic E-state index is -0.0756. The molecule has 112 valence electrons. The van der Waals surface area contributed by atoms with E-state index >= 15 is 0 Å². The first kappa shape index (κ1) is 14.2. The number of nitrogens with two attached hydrogens (primary N) is 1. The van der Waals surface area contributed by atoms with E-state index < -0.39 is 0 Å². The molecule has 1 fully saturated rings. The molecule has 1 aliphatic heterocycles. The molecule has 3 N–H and O–H groups in total. The summed E-state index contributed by atoms with van der Waals surface area (Å²) >= 11 is 1.42. The van der Waals surface area contributed by atoms with Gasteiger partial charge in [-0.25, -0.2) is 9.97 Å². The summed E-state index contributed by atoms with van der Waals surface area (Å²) in [6, 6.07) is 0. The van der Waals surface area contributed by atoms with E-state index in [1.165, 1.54) is 24.2 Å². The molecule has 1 aliphatic rings. The summed E-state index contributed by atoms with van der Waals surface area (Å²) in [6.07, 6.45) is 3.98. The minimum absolute atomic E-state index is 0.0756. The Morgan fingerprint density at radius 2 is 2.19 bits per heavy atom. The third-order valence-electron chi connectivity index (χ3n) is 3.75. The van der Waals surface area contributed by atoms with Gasteiger partial charge in [0.1, 0.15) is 17.0 Å². The maximum atomic E-state index is 12.2. The lowest BCUT2D eigenvalue weighted by Gasteiger charge is -2.17. The third kappa shape index (κ3) is 2.58. The number of carbonyl (C=O) groups excluding carboxylic acids is 1. The number of carbonyl (C=O) groups is 1. The van der Waals surface area contributed by atoms with Gasteiger partial charge in [-0.3, -0.25) is 4.79 Å². The third-order valence-corrected chi connectivity index (χ3v) is 4.95. The Kier molecular flexibility index (Phi) is 4.03. The van der Waals surface area contributed by atoms with E-state index in [9.17, 15) is 4.79 Å². The Morgan fingerprint density at radius 3 is 2.90 bits per heavy atom. The minimum Gasteiger partial charge on any atom is -0.356 e. The monoisotopic (exact) mass is 305 g/mol. The molecule has 2 aromatic rings. The van der Waals surface area contributed by atoms with Crippen molar-refractivity contribution < 1.29 is 4.79 Å². The van der Waals surface area contributed by atoms with Crippen LogP contribution in [0, 0.1) is 6.92 Å². The maximum absolute atomic E-state index is 12.2. The molecular formula is C14H19N5OS. The van der Waals surface area contributed by atoms with Crippen LogP contribution in [0.25, 0.3) is 10.2 Å². The molecule has 1 saturated heterocycles. The van der Waals surface area contributed by atoms with E-state index in [0.717, 1.165) is 34.7 Å². The summed E-state index contributed by atoms with van der Waals surface area (Å²) in [4.78, 5) is 24.9. The van der Waals surface area contributed by atoms with Crippen LogP contribution < -0.4 is 16.0 Å². The second-order valence-electron chi connectivity index (χ2n) is 5.17. The van der Waals surface area contributed by atoms with Crippen molar-refractivity contribution in [2.45, 2.75) is 19.8 Å². The summed E-state index contributed by atoms with van der Waals surface area (Å²) in [5.41, 5.74) is 6.40. The van der Waals surface area contributed by atoms with Crippen LogP contribution in [0.4, 0.5) is 5.82 Å². The summed E-state index contributed by atoms with van der Waals surface area (Å²) in [6.45, 7) is 4.94. The molecule has 0 bridgehead atoms. The summed E-state index contributed by atoms with van der Waals surface area (Å²) in [5, 5.41) is 3.84. The number of fused-ring (bicyclic) bond motifs is 1. The molecule has 0 radical (unpaired) electrons. The Balaban J connectivity index is 2.03. The first-order valence-electron chi connectivity index (χ1n) is 7.19. The van der Waals surface area contributed by atoms with Gasteiger partial charge in [0.2, 0.25) is 0 Å². The molecule has 6 nitrogen and oxygen atoms in total. The number of aryl methyl sites for hydroxylation is 1. The highest BCUT2D eigenvalue weighted by atomic mass is 32.1. The fourth-order valence-corrected chi connectivity index (χ4v) is 3.76. The average Bonchev–Trinajstić information content (AvgIpc) is 3.13. The molecule has 0 spiro atoms. The molecule has 3 rings (SSSR count). The first-order chi connectivity index (χ1) is 10.2. The van der Waals surface area contributed by atoms with Crippen LogP contribution in [0.2, 0.25) is 0 Å². The number of nitrogens with one attached hydrogen (secondary N) is 1. The van der Waals surface area contributed by atoms with Crippen molar-refractivity contribution in [3.05, 3.63) is 16.8 Å². The zero-order chi connectivity index (χ0) is 14.8. The highest BCUT2D eigenvalue weighted by molar-refractivity contribution is 7.20. The van der Waals surface area contributed by atoms with Crippen LogP contribution in [0.15, 0.2) is 6.33 Å². The second kappa shape index (κ2) is 5.95. The van der Waals surface area contributed by atoms with Crippen molar-refractivity contribution in [3.63, 3.8) is 0 Å². The van der Waals surface area contributed by atoms with Crippen LogP contribution in [-0.4, -0.2) is 42.1 Å². The van der Waals surface area contributed by atoms with Crippen LogP contribution in [0.5, 0.6) is 0 Å². The van der Waals surface area contributed by atoms with E-state index in [0.29, 0.717) is 18.0 Å². The highest BCUT2D eigenvalue weighted by Crippen LogP contribution is 2.35. The zero-order valence-electron chi connectivity index (χ0n) is 12.1. The number of thiophene rings is 1. The lowest BCUT2D eigenvalue weighted by Crippen LogP contribution is -2.28. The lowest BCUT2D eigenvalue weighted by atomic mass is 10.2. The molecule has 0 aliphatic carbocycles. The van der Waals surface area contributed by atoms with E-state index in [-0.39, 0.29) is 5.91 Å². The Hall–Kier alpha value is -1.73. The van der Waals surface area contributed by atoms with Gasteiger partial charge in [0, 0.05) is 26.2 Å². The Labute approximate surface area is 127 Å². The Bertz CT molecular complexity index is 663. The number of nitrogens with zero attached hydrogens (tertiary/aromatic N) is 3. The van der Waals surface area contributed by atoms with E-state index in [1.54, 1.807) is 6.33 Å². The van der Waals surface area contributed by atoms with Gasteiger partial charge in [-0.15, -0.1) is 11.3 Å². The van der Waals surface area contributed by atoms with Gasteiger partial charge in [-0.1, -0.05) is 0 Å². The van der Waals surface area contributed by atoms with E-state index in [1.807, 2.05) is 6.92 Å². The normalized spacial score (nSPS) is 14.9. The van der Waals surface area contributed by atoms with Crippen molar-refractivity contribution in [3.8, 4) is 0 Å². The molecule has 0 saturated carbocycles. The zero-order valence-corrected chi connectivity index (χ0v) is 12.9. The van der Waals surface area contributed by atoms with Gasteiger partial charge in [-0.2, -0.15) is 0 Å². The van der Waals surface area contributed by atoms with Crippen molar-refractivity contribution in [2.75, 3.05) is 31.1 Å². The molecule has 1 amide bonds. The van der Waals surface area contributed by atoms with Crippen molar-refractivity contribution in [2.24, 2.45) is 5.73 Å². The summed E-state index contributed by atoms with van der Waals surface area (Å²) < 4.78 is 0. The van der Waals surface area contributed by atoms with Crippen LogP contribution in [0.1, 0.15) is 28.1 Å². The fraction of sp³-hybridized carbons (Fsp3) is 0.500. The predicted octanol–water partition coefficient (Wildman–Crippen LogP) is 1.29. The lowest BCUT2D eigenvalue weighted by molar-refractivity contribution is 0.0958. The number of amides is 1. The Morgan fingerprint density at radius 1 is 1.43 bits per heavy atom. The molecule has 3 heterocycles. The van der Waals surface area contributed by atoms with Gasteiger partial charge in [0.15, 0.2) is 0 Å². The van der Waals surface area contributed by atoms with Crippen molar-refractivity contribution >= 4 is 33.3 Å². The largest absolute Gasteiger partial charge is 0.356 e. The quantitative estimate of drug-likeness (QED) is 0.889. The van der Waals surface area contributed by atoms with Gasteiger partial charge in [0.05, 0.1) is 10.3 Å². The van der Waals surface area contributed by atoms with Crippen molar-refractivity contribution in [1.29, 1.82) is 0 Å².